The molecule has 0 bridgehead atoms. The predicted octanol–water partition coefficient (Wildman–Crippen LogP) is 2.39. The van der Waals surface area contributed by atoms with Crippen LogP contribution >= 0.6 is 0 Å². The van der Waals surface area contributed by atoms with Crippen LogP contribution < -0.4 is 10.6 Å². The number of aliphatic imine (C=N–C) groups is 1. The molecule has 3 aromatic heterocycles. The van der Waals surface area contributed by atoms with Gasteiger partial charge < -0.3 is 19.5 Å². The Bertz CT molecular complexity index is 802. The molecule has 3 rings (SSSR count). The second-order valence-electron chi connectivity index (χ2n) is 5.32. The van der Waals surface area contributed by atoms with Crippen molar-refractivity contribution in [3.8, 4) is 11.6 Å². The molecule has 0 fully saturated rings. The van der Waals surface area contributed by atoms with Crippen molar-refractivity contribution in [2.75, 3.05) is 7.05 Å². The largest absolute Gasteiger partial charge is 0.464 e. The normalized spacial score (nSPS) is 13.0. The van der Waals surface area contributed by atoms with E-state index in [4.69, 9.17) is 8.83 Å². The summed E-state index contributed by atoms with van der Waals surface area (Å²) in [6, 6.07) is 7.50. The number of furan rings is 2. The van der Waals surface area contributed by atoms with Gasteiger partial charge in [0.05, 0.1) is 18.8 Å². The Balaban J connectivity index is 1.56. The average molecular weight is 328 g/mol. The molecule has 24 heavy (non-hydrogen) atoms. The summed E-state index contributed by atoms with van der Waals surface area (Å²) in [5.74, 6) is 4.23. The second-order valence-corrected chi connectivity index (χ2v) is 5.32. The quantitative estimate of drug-likeness (QED) is 0.491. The number of aromatic nitrogens is 3. The fourth-order valence-electron chi connectivity index (χ4n) is 2.21. The number of aryl methyl sites for hydroxylation is 1. The molecule has 8 nitrogen and oxygen atoms in total. The summed E-state index contributed by atoms with van der Waals surface area (Å²) in [7, 11) is 1.71. The van der Waals surface area contributed by atoms with Crippen molar-refractivity contribution in [2.24, 2.45) is 4.99 Å². The van der Waals surface area contributed by atoms with E-state index >= 15 is 0 Å². The molecule has 0 spiro atoms. The van der Waals surface area contributed by atoms with Crippen LogP contribution in [0.5, 0.6) is 0 Å². The summed E-state index contributed by atoms with van der Waals surface area (Å²) < 4.78 is 10.9. The summed E-state index contributed by atoms with van der Waals surface area (Å²) in [5.41, 5.74) is 0. The molecule has 1 unspecified atom stereocenters. The summed E-state index contributed by atoms with van der Waals surface area (Å²) in [5, 5.41) is 13.5. The molecule has 0 aliphatic carbocycles. The monoisotopic (exact) mass is 328 g/mol. The van der Waals surface area contributed by atoms with Gasteiger partial charge in [0.25, 0.3) is 0 Å². The van der Waals surface area contributed by atoms with E-state index in [-0.39, 0.29) is 6.04 Å². The molecule has 3 aromatic rings. The first kappa shape index (κ1) is 15.9. The number of nitrogens with one attached hydrogen (secondary N) is 3. The lowest BCUT2D eigenvalue weighted by molar-refractivity contribution is 0.441. The standard InChI is InChI=1S/C16H20N6O2/c1-10-6-7-12(24-10)11(2)19-16(17-3)18-9-14-20-15(22-21-14)13-5-4-8-23-13/h4-8,11H,9H2,1-3H3,(H2,17,18,19)(H,20,21,22). The van der Waals surface area contributed by atoms with Crippen LogP contribution in [0.25, 0.3) is 11.6 Å². The highest BCUT2D eigenvalue weighted by Gasteiger charge is 2.12. The molecule has 0 aliphatic heterocycles. The van der Waals surface area contributed by atoms with E-state index < -0.39 is 0 Å². The summed E-state index contributed by atoms with van der Waals surface area (Å²) in [6.07, 6.45) is 1.59. The van der Waals surface area contributed by atoms with Crippen LogP contribution in [0.3, 0.4) is 0 Å². The van der Waals surface area contributed by atoms with E-state index in [9.17, 15) is 0 Å². The molecule has 0 amide bonds. The van der Waals surface area contributed by atoms with Crippen molar-refractivity contribution in [3.05, 3.63) is 47.9 Å². The molecule has 126 valence electrons. The third-order valence-corrected chi connectivity index (χ3v) is 3.46. The first-order valence-corrected chi connectivity index (χ1v) is 7.64. The Morgan fingerprint density at radius 1 is 1.38 bits per heavy atom. The van der Waals surface area contributed by atoms with Crippen LogP contribution in [-0.4, -0.2) is 28.2 Å². The maximum atomic E-state index is 5.61. The lowest BCUT2D eigenvalue weighted by Crippen LogP contribution is -2.38. The molecule has 3 N–H and O–H groups in total. The van der Waals surface area contributed by atoms with E-state index in [1.807, 2.05) is 32.0 Å². The zero-order chi connectivity index (χ0) is 16.9. The van der Waals surface area contributed by atoms with Gasteiger partial charge in [-0.15, -0.1) is 5.10 Å². The van der Waals surface area contributed by atoms with Gasteiger partial charge in [-0.05, 0) is 38.1 Å². The molecule has 0 saturated carbocycles. The van der Waals surface area contributed by atoms with Gasteiger partial charge in [-0.25, -0.2) is 4.98 Å². The highest BCUT2D eigenvalue weighted by molar-refractivity contribution is 5.79. The minimum absolute atomic E-state index is 0.00157. The van der Waals surface area contributed by atoms with Crippen LogP contribution in [0.4, 0.5) is 0 Å². The van der Waals surface area contributed by atoms with Crippen LogP contribution in [0, 0.1) is 6.92 Å². The summed E-state index contributed by atoms with van der Waals surface area (Å²) >= 11 is 0. The van der Waals surface area contributed by atoms with Gasteiger partial charge in [0.2, 0.25) is 5.82 Å². The Kier molecular flexibility index (Phi) is 4.64. The second kappa shape index (κ2) is 7.03. The first-order chi connectivity index (χ1) is 11.7. The number of hydrogen-bond donors (Lipinski definition) is 3. The number of aromatic amines is 1. The number of nitrogens with zero attached hydrogens (tertiary/aromatic N) is 3. The third kappa shape index (κ3) is 3.65. The average Bonchev–Trinajstić information content (AvgIpc) is 3.31. The summed E-state index contributed by atoms with van der Waals surface area (Å²) in [6.45, 7) is 4.38. The number of rotatable bonds is 5. The molecule has 1 atom stereocenters. The van der Waals surface area contributed by atoms with Crippen LogP contribution in [0.15, 0.2) is 44.4 Å². The molecule has 0 saturated heterocycles. The summed E-state index contributed by atoms with van der Waals surface area (Å²) in [4.78, 5) is 8.58. The van der Waals surface area contributed by atoms with E-state index in [1.165, 1.54) is 0 Å². The molecule has 3 heterocycles. The Labute approximate surface area is 139 Å². The first-order valence-electron chi connectivity index (χ1n) is 7.64. The molecule has 0 aromatic carbocycles. The third-order valence-electron chi connectivity index (χ3n) is 3.46. The smallest absolute Gasteiger partial charge is 0.216 e. The van der Waals surface area contributed by atoms with Crippen molar-refractivity contribution >= 4 is 5.96 Å². The van der Waals surface area contributed by atoms with Crippen LogP contribution in [0.1, 0.15) is 30.3 Å². The van der Waals surface area contributed by atoms with E-state index in [0.29, 0.717) is 29.9 Å². The molecule has 0 radical (unpaired) electrons. The molecule has 8 heteroatoms. The Hall–Kier alpha value is -3.03. The molecular formula is C16H20N6O2. The minimum Gasteiger partial charge on any atom is -0.464 e. The fraction of sp³-hybridized carbons (Fsp3) is 0.312. The van der Waals surface area contributed by atoms with Gasteiger partial charge in [-0.3, -0.25) is 10.1 Å². The van der Waals surface area contributed by atoms with E-state index in [0.717, 1.165) is 11.5 Å². The lowest BCUT2D eigenvalue weighted by atomic mass is 10.2. The van der Waals surface area contributed by atoms with Gasteiger partial charge in [0.1, 0.15) is 17.3 Å². The Morgan fingerprint density at radius 3 is 2.92 bits per heavy atom. The molecular weight excluding hydrogens is 308 g/mol. The van der Waals surface area contributed by atoms with Crippen LogP contribution in [-0.2, 0) is 6.54 Å². The van der Waals surface area contributed by atoms with Crippen molar-refractivity contribution in [2.45, 2.75) is 26.4 Å². The minimum atomic E-state index is -0.00157. The van der Waals surface area contributed by atoms with Crippen molar-refractivity contribution in [3.63, 3.8) is 0 Å². The lowest BCUT2D eigenvalue weighted by Gasteiger charge is -2.15. The van der Waals surface area contributed by atoms with Gasteiger partial charge in [-0.1, -0.05) is 0 Å². The van der Waals surface area contributed by atoms with Gasteiger partial charge in [-0.2, -0.15) is 0 Å². The van der Waals surface area contributed by atoms with E-state index in [1.54, 1.807) is 19.4 Å². The highest BCUT2D eigenvalue weighted by Crippen LogP contribution is 2.16. The predicted molar refractivity (Wildman–Crippen MR) is 89.3 cm³/mol. The van der Waals surface area contributed by atoms with Gasteiger partial charge in [0, 0.05) is 7.05 Å². The van der Waals surface area contributed by atoms with E-state index in [2.05, 4.69) is 30.8 Å². The zero-order valence-corrected chi connectivity index (χ0v) is 13.8. The van der Waals surface area contributed by atoms with Gasteiger partial charge in [0.15, 0.2) is 11.7 Å². The van der Waals surface area contributed by atoms with Crippen molar-refractivity contribution < 1.29 is 8.83 Å². The SMILES string of the molecule is CN=C(NCc1nc(-c2ccco2)n[nH]1)NC(C)c1ccc(C)o1. The van der Waals surface area contributed by atoms with Crippen molar-refractivity contribution in [1.29, 1.82) is 0 Å². The fourth-order valence-corrected chi connectivity index (χ4v) is 2.21. The Morgan fingerprint density at radius 2 is 2.25 bits per heavy atom. The number of H-pyrrole nitrogens is 1. The maximum Gasteiger partial charge on any atom is 0.216 e. The number of guanidine groups is 1. The molecule has 0 aliphatic rings. The highest BCUT2D eigenvalue weighted by atomic mass is 16.3. The maximum absolute atomic E-state index is 5.61. The topological polar surface area (TPSA) is 104 Å². The van der Waals surface area contributed by atoms with Crippen molar-refractivity contribution in [1.82, 2.24) is 25.8 Å². The van der Waals surface area contributed by atoms with Gasteiger partial charge >= 0.3 is 0 Å². The van der Waals surface area contributed by atoms with Crippen LogP contribution in [0.2, 0.25) is 0 Å². The number of hydrogen-bond acceptors (Lipinski definition) is 5. The zero-order valence-electron chi connectivity index (χ0n) is 13.8.